The molecule has 4 N–H and O–H groups in total. The van der Waals surface area contributed by atoms with Gasteiger partial charge < -0.3 is 16.0 Å². The molecule has 0 fully saturated rings. The van der Waals surface area contributed by atoms with Crippen molar-refractivity contribution < 1.29 is 4.79 Å². The fraction of sp³-hybridized carbons (Fsp3) is 0.188. The maximum atomic E-state index is 11.6. The third-order valence-electron chi connectivity index (χ3n) is 3.44. The van der Waals surface area contributed by atoms with Gasteiger partial charge in [0.25, 0.3) is 5.91 Å². The number of nitrogens with zero attached hydrogens (tertiary/aromatic N) is 2. The van der Waals surface area contributed by atoms with E-state index < -0.39 is 5.91 Å². The highest BCUT2D eigenvalue weighted by atomic mass is 16.1. The fourth-order valence-corrected chi connectivity index (χ4v) is 2.52. The van der Waals surface area contributed by atoms with Crippen molar-refractivity contribution in [1.29, 1.82) is 5.26 Å². The lowest BCUT2D eigenvalue weighted by atomic mass is 10.1. The van der Waals surface area contributed by atoms with Gasteiger partial charge in [0.05, 0.1) is 33.9 Å². The Morgan fingerprint density at radius 2 is 2.23 bits per heavy atom. The van der Waals surface area contributed by atoms with E-state index in [1.165, 1.54) is 6.20 Å². The summed E-state index contributed by atoms with van der Waals surface area (Å²) in [6.07, 6.45) is 1.49. The summed E-state index contributed by atoms with van der Waals surface area (Å²) in [6.45, 7) is 3.96. The van der Waals surface area contributed by atoms with Crippen molar-refractivity contribution >= 4 is 33.5 Å². The number of amides is 1. The van der Waals surface area contributed by atoms with Gasteiger partial charge in [0, 0.05) is 23.1 Å². The van der Waals surface area contributed by atoms with Crippen LogP contribution in [0.15, 0.2) is 24.4 Å². The molecule has 6 nitrogen and oxygen atoms in total. The largest absolute Gasteiger partial charge is 0.380 e. The minimum absolute atomic E-state index is 0.129. The SMILES string of the molecule is CC(C)Nc1c(C(N)=O)cnc2c1[nH]c1cc(C#N)ccc12. The number of hydrogen-bond donors (Lipinski definition) is 3. The second-order valence-electron chi connectivity index (χ2n) is 5.43. The molecule has 0 aliphatic heterocycles. The van der Waals surface area contributed by atoms with Gasteiger partial charge in [-0.05, 0) is 32.0 Å². The number of hydrogen-bond acceptors (Lipinski definition) is 4. The van der Waals surface area contributed by atoms with E-state index in [4.69, 9.17) is 11.0 Å². The highest BCUT2D eigenvalue weighted by Crippen LogP contribution is 2.31. The van der Waals surface area contributed by atoms with Gasteiger partial charge in [-0.25, -0.2) is 0 Å². The Balaban J connectivity index is 2.37. The first-order chi connectivity index (χ1) is 10.5. The Morgan fingerprint density at radius 1 is 1.45 bits per heavy atom. The molecule has 3 aromatic rings. The predicted molar refractivity (Wildman–Crippen MR) is 85.6 cm³/mol. The minimum atomic E-state index is -0.533. The summed E-state index contributed by atoms with van der Waals surface area (Å²) in [6, 6.07) is 7.60. The number of aromatic nitrogens is 2. The smallest absolute Gasteiger partial charge is 0.252 e. The Morgan fingerprint density at radius 3 is 2.86 bits per heavy atom. The molecule has 22 heavy (non-hydrogen) atoms. The van der Waals surface area contributed by atoms with Crippen molar-refractivity contribution in [2.45, 2.75) is 19.9 Å². The number of H-pyrrole nitrogens is 1. The summed E-state index contributed by atoms with van der Waals surface area (Å²) in [4.78, 5) is 19.2. The molecule has 110 valence electrons. The first-order valence-corrected chi connectivity index (χ1v) is 6.92. The minimum Gasteiger partial charge on any atom is -0.380 e. The molecule has 6 heteroatoms. The van der Waals surface area contributed by atoms with Crippen LogP contribution < -0.4 is 11.1 Å². The van der Waals surface area contributed by atoms with Crippen molar-refractivity contribution in [3.8, 4) is 6.07 Å². The second-order valence-corrected chi connectivity index (χ2v) is 5.43. The van der Waals surface area contributed by atoms with Crippen molar-refractivity contribution in [2.24, 2.45) is 5.73 Å². The van der Waals surface area contributed by atoms with Crippen molar-refractivity contribution in [3.63, 3.8) is 0 Å². The Kier molecular flexibility index (Phi) is 3.18. The van der Waals surface area contributed by atoms with Crippen LogP contribution >= 0.6 is 0 Å². The van der Waals surface area contributed by atoms with Crippen LogP contribution in [0.3, 0.4) is 0 Å². The fourth-order valence-electron chi connectivity index (χ4n) is 2.52. The Labute approximate surface area is 126 Å². The van der Waals surface area contributed by atoms with Gasteiger partial charge in [-0.15, -0.1) is 0 Å². The number of fused-ring (bicyclic) bond motifs is 3. The van der Waals surface area contributed by atoms with E-state index in [1.807, 2.05) is 19.9 Å². The molecule has 0 bridgehead atoms. The van der Waals surface area contributed by atoms with E-state index in [9.17, 15) is 4.79 Å². The Bertz CT molecular complexity index is 933. The quantitative estimate of drug-likeness (QED) is 0.689. The lowest BCUT2D eigenvalue weighted by Crippen LogP contribution is -2.18. The highest BCUT2D eigenvalue weighted by Gasteiger charge is 2.17. The zero-order valence-corrected chi connectivity index (χ0v) is 12.3. The van der Waals surface area contributed by atoms with Crippen LogP contribution in [-0.4, -0.2) is 21.9 Å². The maximum Gasteiger partial charge on any atom is 0.252 e. The average molecular weight is 293 g/mol. The number of benzene rings is 1. The van der Waals surface area contributed by atoms with Crippen LogP contribution in [0, 0.1) is 11.3 Å². The number of nitrogens with one attached hydrogen (secondary N) is 2. The van der Waals surface area contributed by atoms with Crippen LogP contribution in [0.25, 0.3) is 21.9 Å². The molecule has 0 saturated heterocycles. The molecule has 0 atom stereocenters. The number of rotatable bonds is 3. The van der Waals surface area contributed by atoms with Gasteiger partial charge in [0.2, 0.25) is 0 Å². The van der Waals surface area contributed by atoms with Crippen molar-refractivity contribution in [1.82, 2.24) is 9.97 Å². The normalized spacial score (nSPS) is 11.0. The Hall–Kier alpha value is -3.07. The summed E-state index contributed by atoms with van der Waals surface area (Å²) in [5, 5.41) is 13.2. The van der Waals surface area contributed by atoms with E-state index in [1.54, 1.807) is 12.1 Å². The summed E-state index contributed by atoms with van der Waals surface area (Å²) in [5.41, 5.74) is 9.25. The third kappa shape index (κ3) is 2.13. The topological polar surface area (TPSA) is 108 Å². The molecule has 2 aromatic heterocycles. The highest BCUT2D eigenvalue weighted by molar-refractivity contribution is 6.13. The van der Waals surface area contributed by atoms with Crippen LogP contribution in [-0.2, 0) is 0 Å². The van der Waals surface area contributed by atoms with Crippen LogP contribution in [0.5, 0.6) is 0 Å². The van der Waals surface area contributed by atoms with E-state index >= 15 is 0 Å². The van der Waals surface area contributed by atoms with Crippen LogP contribution in [0.1, 0.15) is 29.8 Å². The summed E-state index contributed by atoms with van der Waals surface area (Å²) >= 11 is 0. The number of carbonyl (C=O) groups excluding carboxylic acids is 1. The van der Waals surface area contributed by atoms with Crippen LogP contribution in [0.2, 0.25) is 0 Å². The molecule has 0 unspecified atom stereocenters. The molecule has 1 amide bonds. The first-order valence-electron chi connectivity index (χ1n) is 6.92. The lowest BCUT2D eigenvalue weighted by Gasteiger charge is -2.13. The molecule has 0 aliphatic rings. The maximum absolute atomic E-state index is 11.6. The number of pyridine rings is 1. The van der Waals surface area contributed by atoms with Gasteiger partial charge >= 0.3 is 0 Å². The first kappa shape index (κ1) is 13.9. The summed E-state index contributed by atoms with van der Waals surface area (Å²) in [5.74, 6) is -0.533. The molecule has 2 heterocycles. The number of carbonyl (C=O) groups is 1. The van der Waals surface area contributed by atoms with Crippen molar-refractivity contribution in [2.75, 3.05) is 5.32 Å². The predicted octanol–water partition coefficient (Wildman–Crippen LogP) is 2.51. The number of primary amides is 1. The van der Waals surface area contributed by atoms with Crippen LogP contribution in [0.4, 0.5) is 5.69 Å². The van der Waals surface area contributed by atoms with E-state index in [-0.39, 0.29) is 6.04 Å². The number of anilines is 1. The van der Waals surface area contributed by atoms with E-state index in [2.05, 4.69) is 21.4 Å². The summed E-state index contributed by atoms with van der Waals surface area (Å²) < 4.78 is 0. The summed E-state index contributed by atoms with van der Waals surface area (Å²) in [7, 11) is 0. The molecule has 0 spiro atoms. The number of nitrogens with two attached hydrogens (primary N) is 1. The van der Waals surface area contributed by atoms with E-state index in [0.717, 1.165) is 21.9 Å². The molecule has 1 aromatic carbocycles. The molecule has 0 aliphatic carbocycles. The van der Waals surface area contributed by atoms with Gasteiger partial charge in [0.1, 0.15) is 0 Å². The van der Waals surface area contributed by atoms with Gasteiger partial charge in [-0.2, -0.15) is 5.26 Å². The zero-order valence-electron chi connectivity index (χ0n) is 12.3. The van der Waals surface area contributed by atoms with Gasteiger partial charge in [-0.3, -0.25) is 9.78 Å². The average Bonchev–Trinajstić information content (AvgIpc) is 2.84. The van der Waals surface area contributed by atoms with Gasteiger partial charge in [-0.1, -0.05) is 0 Å². The monoisotopic (exact) mass is 293 g/mol. The third-order valence-corrected chi connectivity index (χ3v) is 3.44. The molecular weight excluding hydrogens is 278 g/mol. The second kappa shape index (κ2) is 5.04. The van der Waals surface area contributed by atoms with E-state index in [0.29, 0.717) is 16.8 Å². The number of aromatic amines is 1. The molecule has 3 rings (SSSR count). The molecule has 0 radical (unpaired) electrons. The molecule has 0 saturated carbocycles. The van der Waals surface area contributed by atoms with Gasteiger partial charge in [0.15, 0.2) is 0 Å². The molecular formula is C16H15N5O. The lowest BCUT2D eigenvalue weighted by molar-refractivity contribution is 0.100. The number of nitriles is 1. The zero-order chi connectivity index (χ0) is 15.9. The standard InChI is InChI=1S/C16H15N5O/c1-8(2)20-14-11(16(18)22)7-19-13-10-4-3-9(6-17)5-12(10)21-15(13)14/h3-5,7-8,21H,1-2H3,(H2,18,22)(H,19,20). The van der Waals surface area contributed by atoms with Crippen molar-refractivity contribution in [3.05, 3.63) is 35.5 Å².